The minimum Gasteiger partial charge on any atom is -0.352 e. The van der Waals surface area contributed by atoms with Gasteiger partial charge in [0.1, 0.15) is 0 Å². The summed E-state index contributed by atoms with van der Waals surface area (Å²) in [5.41, 5.74) is 0.294. The van der Waals surface area contributed by atoms with Crippen LogP contribution >= 0.6 is 11.6 Å². The number of halogens is 1. The fourth-order valence-electron chi connectivity index (χ4n) is 1.50. The number of carbonyl (C=O) groups excluding carboxylic acids is 2. The lowest BCUT2D eigenvalue weighted by atomic mass is 10.2. The molecular weight excluding hydrogens is 274 g/mol. The van der Waals surface area contributed by atoms with Crippen molar-refractivity contribution in [3.8, 4) is 0 Å². The van der Waals surface area contributed by atoms with E-state index in [1.807, 2.05) is 0 Å². The highest BCUT2D eigenvalue weighted by atomic mass is 35.5. The second kappa shape index (κ2) is 4.61. The van der Waals surface area contributed by atoms with E-state index < -0.39 is 23.4 Å². The molecule has 8 heteroatoms. The third-order valence-corrected chi connectivity index (χ3v) is 2.64. The molecule has 1 aliphatic rings. The molecule has 0 unspecified atom stereocenters. The second-order valence-electron chi connectivity index (χ2n) is 3.90. The molecule has 19 heavy (non-hydrogen) atoms. The van der Waals surface area contributed by atoms with E-state index in [2.05, 4.69) is 10.4 Å². The fourth-order valence-corrected chi connectivity index (χ4v) is 1.63. The van der Waals surface area contributed by atoms with E-state index in [4.69, 9.17) is 11.6 Å². The van der Waals surface area contributed by atoms with Gasteiger partial charge in [0, 0.05) is 11.9 Å². The Kier molecular flexibility index (Phi) is 3.27. The van der Waals surface area contributed by atoms with Gasteiger partial charge in [0.25, 0.3) is 0 Å². The van der Waals surface area contributed by atoms with Crippen LogP contribution in [0.15, 0.2) is 29.4 Å². The van der Waals surface area contributed by atoms with E-state index in [-0.39, 0.29) is 0 Å². The van der Waals surface area contributed by atoms with Gasteiger partial charge < -0.3 is 15.5 Å². The Balaban J connectivity index is 2.37. The molecule has 0 bridgehead atoms. The number of hydrazone groups is 1. The van der Waals surface area contributed by atoms with Crippen molar-refractivity contribution in [1.82, 2.24) is 5.32 Å². The smallest absolute Gasteiger partial charge is 0.315 e. The predicted molar refractivity (Wildman–Crippen MR) is 67.4 cm³/mol. The van der Waals surface area contributed by atoms with E-state index in [1.165, 1.54) is 24.3 Å². The maximum atomic E-state index is 11.8. The van der Waals surface area contributed by atoms with Crippen molar-refractivity contribution in [2.45, 2.75) is 12.7 Å². The monoisotopic (exact) mass is 283 g/mol. The van der Waals surface area contributed by atoms with Crippen molar-refractivity contribution >= 4 is 34.9 Å². The number of aliphatic hydroxyl groups is 2. The number of benzene rings is 1. The molecule has 0 saturated heterocycles. The van der Waals surface area contributed by atoms with Crippen molar-refractivity contribution < 1.29 is 19.8 Å². The minimum absolute atomic E-state index is 0.294. The van der Waals surface area contributed by atoms with Gasteiger partial charge in [-0.1, -0.05) is 11.6 Å². The number of nitrogens with zero attached hydrogens (tertiary/aromatic N) is 2. The Morgan fingerprint density at radius 1 is 1.37 bits per heavy atom. The van der Waals surface area contributed by atoms with Crippen LogP contribution in [0.2, 0.25) is 5.02 Å². The Morgan fingerprint density at radius 2 is 1.95 bits per heavy atom. The number of amidine groups is 1. The number of amides is 2. The molecule has 1 aromatic rings. The molecule has 0 aliphatic carbocycles. The van der Waals surface area contributed by atoms with E-state index in [0.717, 1.165) is 11.9 Å². The zero-order valence-corrected chi connectivity index (χ0v) is 10.5. The molecule has 0 fully saturated rings. The van der Waals surface area contributed by atoms with Crippen molar-refractivity contribution in [2.75, 3.05) is 5.01 Å². The van der Waals surface area contributed by atoms with Gasteiger partial charge >= 0.3 is 11.7 Å². The van der Waals surface area contributed by atoms with Crippen LogP contribution in [0.3, 0.4) is 0 Å². The SMILES string of the molecule is CC(=O)NC1=NN(c2ccc(Cl)cc2)C(=O)C1(O)O. The highest BCUT2D eigenvalue weighted by molar-refractivity contribution is 6.30. The Bertz CT molecular complexity index is 568. The van der Waals surface area contributed by atoms with Gasteiger partial charge in [-0.3, -0.25) is 9.59 Å². The largest absolute Gasteiger partial charge is 0.352 e. The topological polar surface area (TPSA) is 102 Å². The van der Waals surface area contributed by atoms with Crippen LogP contribution in [-0.2, 0) is 9.59 Å². The van der Waals surface area contributed by atoms with Gasteiger partial charge in [0.05, 0.1) is 5.69 Å². The third-order valence-electron chi connectivity index (χ3n) is 2.39. The molecule has 7 nitrogen and oxygen atoms in total. The first-order valence-electron chi connectivity index (χ1n) is 5.24. The standard InChI is InChI=1S/C11H10ClN3O4/c1-6(16)13-9-11(18,19)10(17)15(14-9)8-4-2-7(12)3-5-8/h2-5,18-19H,1H3,(H,13,14,16). The molecule has 1 aliphatic heterocycles. The first kappa shape index (κ1) is 13.5. The van der Waals surface area contributed by atoms with E-state index in [0.29, 0.717) is 10.7 Å². The van der Waals surface area contributed by atoms with Crippen molar-refractivity contribution in [1.29, 1.82) is 0 Å². The lowest BCUT2D eigenvalue weighted by molar-refractivity contribution is -0.156. The zero-order valence-electron chi connectivity index (χ0n) is 9.79. The summed E-state index contributed by atoms with van der Waals surface area (Å²) in [6.45, 7) is 1.16. The van der Waals surface area contributed by atoms with Crippen LogP contribution in [0.5, 0.6) is 0 Å². The summed E-state index contributed by atoms with van der Waals surface area (Å²) < 4.78 is 0. The average Bonchev–Trinajstić information content (AvgIpc) is 2.54. The van der Waals surface area contributed by atoms with Crippen LogP contribution in [0.4, 0.5) is 5.69 Å². The Hall–Kier alpha value is -1.96. The van der Waals surface area contributed by atoms with Gasteiger partial charge in [-0.2, -0.15) is 5.01 Å². The number of hydrogen-bond donors (Lipinski definition) is 3. The molecule has 0 radical (unpaired) electrons. The molecule has 2 rings (SSSR count). The van der Waals surface area contributed by atoms with Gasteiger partial charge in [0.2, 0.25) is 5.91 Å². The van der Waals surface area contributed by atoms with Gasteiger partial charge in [-0.15, -0.1) is 5.10 Å². The molecule has 3 N–H and O–H groups in total. The molecule has 1 heterocycles. The van der Waals surface area contributed by atoms with E-state index in [1.54, 1.807) is 0 Å². The first-order valence-corrected chi connectivity index (χ1v) is 5.61. The summed E-state index contributed by atoms with van der Waals surface area (Å²) in [7, 11) is 0. The third kappa shape index (κ3) is 2.43. The predicted octanol–water partition coefficient (Wildman–Crippen LogP) is -0.183. The minimum atomic E-state index is -2.86. The Labute approximate surface area is 113 Å². The van der Waals surface area contributed by atoms with Crippen molar-refractivity contribution in [2.24, 2.45) is 5.10 Å². The average molecular weight is 284 g/mol. The highest BCUT2D eigenvalue weighted by Crippen LogP contribution is 2.25. The first-order chi connectivity index (χ1) is 8.82. The Morgan fingerprint density at radius 3 is 2.47 bits per heavy atom. The van der Waals surface area contributed by atoms with E-state index in [9.17, 15) is 19.8 Å². The molecule has 1 aromatic carbocycles. The van der Waals surface area contributed by atoms with Crippen molar-refractivity contribution in [3.05, 3.63) is 29.3 Å². The second-order valence-corrected chi connectivity index (χ2v) is 4.33. The maximum Gasteiger partial charge on any atom is 0.315 e. The van der Waals surface area contributed by atoms with Crippen molar-refractivity contribution in [3.63, 3.8) is 0 Å². The maximum absolute atomic E-state index is 11.8. The fraction of sp³-hybridized carbons (Fsp3) is 0.182. The molecule has 0 aromatic heterocycles. The molecule has 0 atom stereocenters. The highest BCUT2D eigenvalue weighted by Gasteiger charge is 2.50. The zero-order chi connectivity index (χ0) is 14.2. The summed E-state index contributed by atoms with van der Waals surface area (Å²) >= 11 is 5.71. The lowest BCUT2D eigenvalue weighted by Crippen LogP contribution is -2.52. The summed E-state index contributed by atoms with van der Waals surface area (Å²) in [5, 5.41) is 26.3. The number of anilines is 1. The van der Waals surface area contributed by atoms with Gasteiger partial charge in [0.15, 0.2) is 5.84 Å². The van der Waals surface area contributed by atoms with E-state index >= 15 is 0 Å². The number of rotatable bonds is 1. The number of carbonyl (C=O) groups is 2. The van der Waals surface area contributed by atoms with Crippen LogP contribution < -0.4 is 10.3 Å². The summed E-state index contributed by atoms with van der Waals surface area (Å²) in [6, 6.07) is 6.01. The van der Waals surface area contributed by atoms with Gasteiger partial charge in [-0.25, -0.2) is 0 Å². The molecular formula is C11H10ClN3O4. The number of nitrogens with one attached hydrogen (secondary N) is 1. The van der Waals surface area contributed by atoms with Crippen LogP contribution in [-0.4, -0.2) is 33.7 Å². The van der Waals surface area contributed by atoms with Crippen LogP contribution in [0, 0.1) is 0 Å². The normalized spacial score (nSPS) is 17.4. The molecule has 0 saturated carbocycles. The molecule has 2 amide bonds. The summed E-state index contributed by atoms with van der Waals surface area (Å²) in [4.78, 5) is 22.8. The van der Waals surface area contributed by atoms with Crippen LogP contribution in [0.1, 0.15) is 6.92 Å². The lowest BCUT2D eigenvalue weighted by Gasteiger charge is -2.16. The molecule has 100 valence electrons. The molecule has 0 spiro atoms. The summed E-state index contributed by atoms with van der Waals surface area (Å²) in [5.74, 6) is -5.05. The van der Waals surface area contributed by atoms with Crippen LogP contribution in [0.25, 0.3) is 0 Å². The quantitative estimate of drug-likeness (QED) is 0.622. The summed E-state index contributed by atoms with van der Waals surface area (Å²) in [6.07, 6.45) is 0. The number of hydrogen-bond acceptors (Lipinski definition) is 5. The van der Waals surface area contributed by atoms with Gasteiger partial charge in [-0.05, 0) is 24.3 Å².